The van der Waals surface area contributed by atoms with Gasteiger partial charge in [-0.25, -0.2) is 0 Å². The number of rotatable bonds is 6. The largest absolute Gasteiger partial charge is 0.394 e. The average Bonchev–Trinajstić information content (AvgIpc) is 2.52. The Hall–Kier alpha value is -0.320. The summed E-state index contributed by atoms with van der Waals surface area (Å²) in [6, 6.07) is -0.595. The van der Waals surface area contributed by atoms with Gasteiger partial charge in [-0.05, 0) is 0 Å². The van der Waals surface area contributed by atoms with Gasteiger partial charge in [0.15, 0.2) is 6.29 Å². The molecule has 2 saturated heterocycles. The van der Waals surface area contributed by atoms with E-state index in [9.17, 15) is 15.3 Å². The Balaban J connectivity index is 1.83. The lowest BCUT2D eigenvalue weighted by Crippen LogP contribution is -2.64. The Kier molecular flexibility index (Phi) is 6.77. The number of aliphatic hydroxyl groups is 3. The highest BCUT2D eigenvalue weighted by Crippen LogP contribution is 2.21. The molecule has 0 spiro atoms. The quantitative estimate of drug-likeness (QED) is 0.422. The van der Waals surface area contributed by atoms with Crippen molar-refractivity contribution < 1.29 is 29.5 Å². The second-order valence-corrected chi connectivity index (χ2v) is 5.38. The van der Waals surface area contributed by atoms with Gasteiger partial charge >= 0.3 is 0 Å². The first-order chi connectivity index (χ1) is 10.2. The number of morpholine rings is 1. The van der Waals surface area contributed by atoms with Crippen LogP contribution in [0, 0.1) is 0 Å². The fourth-order valence-electron chi connectivity index (χ4n) is 2.74. The molecule has 2 rings (SSSR count). The molecule has 0 aromatic heterocycles. The maximum absolute atomic E-state index is 10.2. The topological polar surface area (TPSA) is 104 Å². The van der Waals surface area contributed by atoms with E-state index in [0.717, 1.165) is 32.8 Å². The zero-order valence-corrected chi connectivity index (χ0v) is 12.4. The van der Waals surface area contributed by atoms with Crippen molar-refractivity contribution >= 4 is 0 Å². The third kappa shape index (κ3) is 4.33. The summed E-state index contributed by atoms with van der Waals surface area (Å²) in [6.45, 7) is 4.35. The van der Waals surface area contributed by atoms with Gasteiger partial charge in [-0.2, -0.15) is 0 Å². The molecule has 5 atom stereocenters. The van der Waals surface area contributed by atoms with Crippen LogP contribution in [-0.4, -0.2) is 104 Å². The van der Waals surface area contributed by atoms with Crippen LogP contribution in [0.25, 0.3) is 0 Å². The first-order valence-corrected chi connectivity index (χ1v) is 7.36. The van der Waals surface area contributed by atoms with Crippen molar-refractivity contribution in [1.29, 1.82) is 0 Å². The summed E-state index contributed by atoms with van der Waals surface area (Å²) < 4.78 is 15.6. The molecular formula is C13H26N2O6. The van der Waals surface area contributed by atoms with Crippen molar-refractivity contribution in [2.75, 3.05) is 53.1 Å². The van der Waals surface area contributed by atoms with Crippen molar-refractivity contribution in [2.45, 2.75) is 30.6 Å². The van der Waals surface area contributed by atoms with Crippen LogP contribution in [-0.2, 0) is 14.2 Å². The van der Waals surface area contributed by atoms with Crippen molar-refractivity contribution in [2.24, 2.45) is 0 Å². The predicted octanol–water partition coefficient (Wildman–Crippen LogP) is -2.64. The molecular weight excluding hydrogens is 280 g/mol. The Labute approximate surface area is 124 Å². The molecule has 2 heterocycles. The van der Waals surface area contributed by atoms with Gasteiger partial charge in [0.25, 0.3) is 0 Å². The van der Waals surface area contributed by atoms with Crippen LogP contribution in [0.2, 0.25) is 0 Å². The number of nitrogens with one attached hydrogen (secondary N) is 1. The standard InChI is InChI=1S/C13H26N2O6/c1-19-13-12(18)10(11(17)9(8-16)21-13)14-2-3-15-4-6-20-7-5-15/h9-14,16-18H,2-8H2,1H3/t9-,10-,11-,12+,13+/m1/s1. The number of ether oxygens (including phenoxy) is 3. The number of hydrogen-bond donors (Lipinski definition) is 4. The summed E-state index contributed by atoms with van der Waals surface area (Å²) in [5.41, 5.74) is 0. The molecule has 0 saturated carbocycles. The number of hydrogen-bond acceptors (Lipinski definition) is 8. The van der Waals surface area contributed by atoms with Crippen LogP contribution in [0.5, 0.6) is 0 Å². The second kappa shape index (κ2) is 8.35. The number of aliphatic hydroxyl groups excluding tert-OH is 3. The first-order valence-electron chi connectivity index (χ1n) is 7.36. The normalized spacial score (nSPS) is 38.6. The van der Waals surface area contributed by atoms with E-state index in [-0.39, 0.29) is 6.61 Å². The molecule has 124 valence electrons. The molecule has 0 aromatic rings. The Morgan fingerprint density at radius 2 is 1.95 bits per heavy atom. The first kappa shape index (κ1) is 17.0. The van der Waals surface area contributed by atoms with E-state index in [1.54, 1.807) is 0 Å². The lowest BCUT2D eigenvalue weighted by molar-refractivity contribution is -0.271. The Bertz CT molecular complexity index is 286. The van der Waals surface area contributed by atoms with Crippen LogP contribution < -0.4 is 5.32 Å². The lowest BCUT2D eigenvalue weighted by Gasteiger charge is -2.42. The minimum Gasteiger partial charge on any atom is -0.394 e. The van der Waals surface area contributed by atoms with Gasteiger partial charge in [0.1, 0.15) is 18.3 Å². The van der Waals surface area contributed by atoms with Gasteiger partial charge in [0.2, 0.25) is 0 Å². The fraction of sp³-hybridized carbons (Fsp3) is 1.00. The van der Waals surface area contributed by atoms with Crippen molar-refractivity contribution in [3.8, 4) is 0 Å². The SMILES string of the molecule is CO[C@H]1O[C@H](CO)[C@@H](O)[C@@H](NCCN2CCOCC2)[C@@H]1O. The highest BCUT2D eigenvalue weighted by molar-refractivity contribution is 4.94. The van der Waals surface area contributed by atoms with Gasteiger partial charge in [0.05, 0.1) is 25.9 Å². The highest BCUT2D eigenvalue weighted by atomic mass is 16.7. The van der Waals surface area contributed by atoms with Crippen LogP contribution in [0.1, 0.15) is 0 Å². The third-order valence-electron chi connectivity index (χ3n) is 4.03. The zero-order chi connectivity index (χ0) is 15.2. The molecule has 2 aliphatic rings. The van der Waals surface area contributed by atoms with Gasteiger partial charge < -0.3 is 34.8 Å². The van der Waals surface area contributed by atoms with E-state index in [0.29, 0.717) is 6.54 Å². The molecule has 8 heteroatoms. The van der Waals surface area contributed by atoms with Crippen molar-refractivity contribution in [1.82, 2.24) is 10.2 Å². The maximum atomic E-state index is 10.2. The molecule has 2 fully saturated rings. The minimum absolute atomic E-state index is 0.324. The van der Waals surface area contributed by atoms with E-state index < -0.39 is 30.6 Å². The Morgan fingerprint density at radius 3 is 2.57 bits per heavy atom. The third-order valence-corrected chi connectivity index (χ3v) is 4.03. The Morgan fingerprint density at radius 1 is 1.24 bits per heavy atom. The molecule has 0 aromatic carbocycles. The summed E-state index contributed by atoms with van der Waals surface area (Å²) in [5.74, 6) is 0. The van der Waals surface area contributed by atoms with E-state index in [4.69, 9.17) is 14.2 Å². The molecule has 4 N–H and O–H groups in total. The van der Waals surface area contributed by atoms with Crippen molar-refractivity contribution in [3.63, 3.8) is 0 Å². The average molecular weight is 306 g/mol. The van der Waals surface area contributed by atoms with Gasteiger partial charge in [-0.3, -0.25) is 4.90 Å². The summed E-state index contributed by atoms with van der Waals surface area (Å²) in [4.78, 5) is 2.26. The summed E-state index contributed by atoms with van der Waals surface area (Å²) >= 11 is 0. The lowest BCUT2D eigenvalue weighted by atomic mass is 9.96. The highest BCUT2D eigenvalue weighted by Gasteiger charge is 2.44. The summed E-state index contributed by atoms with van der Waals surface area (Å²) in [6.07, 6.45) is -3.59. The number of methoxy groups -OCH3 is 1. The molecule has 0 amide bonds. The molecule has 0 aliphatic carbocycles. The van der Waals surface area contributed by atoms with E-state index in [1.807, 2.05) is 0 Å². The van der Waals surface area contributed by atoms with E-state index >= 15 is 0 Å². The smallest absolute Gasteiger partial charge is 0.185 e. The number of nitrogens with zero attached hydrogens (tertiary/aromatic N) is 1. The van der Waals surface area contributed by atoms with Crippen LogP contribution in [0.15, 0.2) is 0 Å². The monoisotopic (exact) mass is 306 g/mol. The fourth-order valence-corrected chi connectivity index (χ4v) is 2.74. The van der Waals surface area contributed by atoms with Gasteiger partial charge in [-0.15, -0.1) is 0 Å². The summed E-state index contributed by atoms with van der Waals surface area (Å²) in [5, 5.41) is 32.7. The molecule has 8 nitrogen and oxygen atoms in total. The second-order valence-electron chi connectivity index (χ2n) is 5.38. The summed E-state index contributed by atoms with van der Waals surface area (Å²) in [7, 11) is 1.42. The molecule has 21 heavy (non-hydrogen) atoms. The molecule has 2 aliphatic heterocycles. The minimum atomic E-state index is -0.988. The van der Waals surface area contributed by atoms with E-state index in [1.165, 1.54) is 7.11 Å². The van der Waals surface area contributed by atoms with Crippen LogP contribution in [0.4, 0.5) is 0 Å². The molecule has 0 bridgehead atoms. The molecule has 0 radical (unpaired) electrons. The van der Waals surface area contributed by atoms with Gasteiger partial charge in [-0.1, -0.05) is 0 Å². The van der Waals surface area contributed by atoms with Crippen LogP contribution >= 0.6 is 0 Å². The predicted molar refractivity (Wildman–Crippen MR) is 73.8 cm³/mol. The zero-order valence-electron chi connectivity index (χ0n) is 12.4. The van der Waals surface area contributed by atoms with Crippen molar-refractivity contribution in [3.05, 3.63) is 0 Å². The molecule has 0 unspecified atom stereocenters. The van der Waals surface area contributed by atoms with E-state index in [2.05, 4.69) is 10.2 Å². The van der Waals surface area contributed by atoms with Gasteiger partial charge in [0, 0.05) is 33.3 Å². The van der Waals surface area contributed by atoms with Crippen LogP contribution in [0.3, 0.4) is 0 Å². The maximum Gasteiger partial charge on any atom is 0.185 e.